The van der Waals surface area contributed by atoms with E-state index in [1.165, 1.54) is 132 Å². The molecular formula is C88H104Cl2Si2Zr2-2. The van der Waals surface area contributed by atoms with Gasteiger partial charge in [-0.2, -0.15) is 24.3 Å². The van der Waals surface area contributed by atoms with Gasteiger partial charge in [0.1, 0.15) is 0 Å². The van der Waals surface area contributed by atoms with Gasteiger partial charge in [0.05, 0.1) is 0 Å². The molecule has 0 unspecified atom stereocenters. The summed E-state index contributed by atoms with van der Waals surface area (Å²) >= 11 is 3.48. The fourth-order valence-corrected chi connectivity index (χ4v) is 11.6. The van der Waals surface area contributed by atoms with Gasteiger partial charge in [0.15, 0.2) is 0 Å². The summed E-state index contributed by atoms with van der Waals surface area (Å²) in [5.74, 6) is 1.15. The van der Waals surface area contributed by atoms with Crippen molar-refractivity contribution in [3.63, 3.8) is 0 Å². The maximum atomic E-state index is 2.35. The summed E-state index contributed by atoms with van der Waals surface area (Å²) in [7, 11) is 0. The Morgan fingerprint density at radius 2 is 0.489 bits per heavy atom. The molecule has 0 aliphatic carbocycles. The van der Waals surface area contributed by atoms with E-state index in [0.717, 1.165) is 0 Å². The maximum Gasteiger partial charge on any atom is -0.0132 e. The summed E-state index contributed by atoms with van der Waals surface area (Å²) < 4.78 is 0. The minimum atomic E-state index is 0. The first-order valence-electron chi connectivity index (χ1n) is 33.3. The summed E-state index contributed by atoms with van der Waals surface area (Å²) in [5, 5.41) is 10.8. The molecule has 0 amide bonds. The molecule has 0 aromatic heterocycles. The fourth-order valence-electron chi connectivity index (χ4n) is 11.6. The van der Waals surface area contributed by atoms with Gasteiger partial charge in [0, 0.05) is 0 Å². The molecule has 0 atom stereocenters. The van der Waals surface area contributed by atoms with Crippen LogP contribution >= 0.6 is 0 Å². The minimum Gasteiger partial charge on any atom is -1.00 e. The zero-order chi connectivity index (χ0) is 67.6. The molecular weight excluding hydrogens is 1370 g/mol. The van der Waals surface area contributed by atoms with Crippen LogP contribution in [0.4, 0.5) is 0 Å². The van der Waals surface area contributed by atoms with E-state index in [0.29, 0.717) is 11.8 Å². The van der Waals surface area contributed by atoms with Crippen LogP contribution in [-0.4, -0.2) is 10.9 Å². The van der Waals surface area contributed by atoms with Crippen LogP contribution in [0, 0.1) is 13.8 Å². The zero-order valence-electron chi connectivity index (χ0n) is 60.7. The molecule has 0 heterocycles. The molecule has 0 spiro atoms. The van der Waals surface area contributed by atoms with Crippen LogP contribution in [0.1, 0.15) is 167 Å². The van der Waals surface area contributed by atoms with Crippen LogP contribution in [0.2, 0.25) is 26.2 Å². The van der Waals surface area contributed by atoms with Gasteiger partial charge in [0.25, 0.3) is 0 Å². The Balaban J connectivity index is 0.000000217. The van der Waals surface area contributed by atoms with E-state index < -0.39 is 0 Å². The minimum absolute atomic E-state index is 0. The summed E-state index contributed by atoms with van der Waals surface area (Å²) in [6, 6.07) is 80.9. The Morgan fingerprint density at radius 1 is 0.298 bits per heavy atom. The summed E-state index contributed by atoms with van der Waals surface area (Å²) in [6.07, 6.45) is 0. The number of halogens is 2. The number of hydrogen-bond donors (Lipinski definition) is 0. The van der Waals surface area contributed by atoms with Crippen LogP contribution < -0.4 is 24.8 Å². The molecule has 12 aromatic rings. The van der Waals surface area contributed by atoms with Crippen molar-refractivity contribution in [3.8, 4) is 44.5 Å². The first kappa shape index (κ1) is 79.7. The molecule has 6 heteroatoms. The first-order valence-corrected chi connectivity index (χ1v) is 45.6. The third-order valence-electron chi connectivity index (χ3n) is 16.9. The van der Waals surface area contributed by atoms with Crippen LogP contribution in [0.5, 0.6) is 0 Å². The van der Waals surface area contributed by atoms with E-state index in [1.807, 2.05) is 0 Å². The third-order valence-corrected chi connectivity index (χ3v) is 16.9. The van der Waals surface area contributed by atoms with Crippen molar-refractivity contribution in [2.75, 3.05) is 0 Å². The Labute approximate surface area is 611 Å². The number of fused-ring (bicyclic) bond motifs is 4. The number of benzene rings is 8. The average Bonchev–Trinajstić information content (AvgIpc) is 1.57. The molecule has 0 N–H and O–H groups in total. The van der Waals surface area contributed by atoms with Crippen LogP contribution in [0.25, 0.3) is 87.6 Å². The quantitative estimate of drug-likeness (QED) is 0.115. The molecule has 0 bridgehead atoms. The Bertz CT molecular complexity index is 4080. The monoisotopic (exact) mass is 1470 g/mol. The molecule has 94 heavy (non-hydrogen) atoms. The molecule has 0 saturated carbocycles. The van der Waals surface area contributed by atoms with E-state index in [1.54, 1.807) is 46.7 Å². The number of aryl methyl sites for hydroxylation is 2. The second-order valence-corrected chi connectivity index (χ2v) is 49.2. The largest absolute Gasteiger partial charge is 1.00 e. The molecule has 12 rings (SSSR count). The molecule has 0 radical (unpaired) electrons. The number of hydrogen-bond acceptors (Lipinski definition) is 0. The molecule has 0 nitrogen and oxygen atoms in total. The molecule has 0 aliphatic heterocycles. The fraction of sp³-hybridized carbons (Fsp3) is 0.318. The molecule has 0 saturated heterocycles. The zero-order valence-corrected chi connectivity index (χ0v) is 69.1. The molecule has 0 aliphatic rings. The van der Waals surface area contributed by atoms with Gasteiger partial charge in [-0.25, -0.2) is 0 Å². The van der Waals surface area contributed by atoms with Crippen LogP contribution in [-0.2, 0) is 68.3 Å². The van der Waals surface area contributed by atoms with Crippen LogP contribution in [0.3, 0.4) is 0 Å². The smallest absolute Gasteiger partial charge is 0.0132 e. The summed E-state index contributed by atoms with van der Waals surface area (Å²) in [6.45, 7) is 49.6. The molecule has 488 valence electrons. The Kier molecular flexibility index (Phi) is 29.2. The van der Waals surface area contributed by atoms with E-state index >= 15 is 0 Å². The standard InChI is InChI=1S/2C22H25.2C20H21.2C2H6Si.2ClH.2Zr/c2*1-15(2)18-13-17-7-6-8-20(21(17)14-18)16-9-11-19(12-10-16)22(3,4)5;2*1-14-12-16-6-5-7-18(19(16)13-14)15-8-10-17(11-9-15)20(2,3)4;2*1-3-2;;;;/h2*6-15H,1-5H3;2*5-13H,1-4H3;2*1-2H3;2*1H;;/q4*-1;;;;;2*+2/p-2. The predicted molar refractivity (Wildman–Crippen MR) is 407 cm³/mol. The molecule has 12 aromatic carbocycles. The Morgan fingerprint density at radius 3 is 0.681 bits per heavy atom. The third kappa shape index (κ3) is 22.0. The van der Waals surface area contributed by atoms with Gasteiger partial charge < -0.3 is 24.8 Å². The van der Waals surface area contributed by atoms with Crippen LogP contribution in [0.15, 0.2) is 218 Å². The average molecular weight is 1470 g/mol. The van der Waals surface area contributed by atoms with Gasteiger partial charge in [-0.05, 0) is 78.0 Å². The van der Waals surface area contributed by atoms with Crippen molar-refractivity contribution in [1.29, 1.82) is 0 Å². The second kappa shape index (κ2) is 34.5. The molecule has 0 fully saturated rings. The summed E-state index contributed by atoms with van der Waals surface area (Å²) in [5.41, 5.74) is 22.8. The van der Waals surface area contributed by atoms with Gasteiger partial charge in [-0.3, -0.25) is 0 Å². The van der Waals surface area contributed by atoms with Crippen molar-refractivity contribution >= 4 is 54.0 Å². The van der Waals surface area contributed by atoms with Crippen molar-refractivity contribution in [2.24, 2.45) is 0 Å². The SMILES string of the molecule is CC(C)c1cc2c(-c3ccc(C(C)(C)C)cc3)cccc2[cH-]1.CC(C)c1cc2c(-c3ccc(C(C)(C)C)cc3)cccc2[cH-]1.C[Si](C)=[Zr+2].C[Si](C)=[Zr+2].Cc1cc2c(-c3ccc(C(C)(C)C)cc3)cccc2[cH-]1.Cc1cc2c(-c3ccc(C(C)(C)C)cc3)cccc2[cH-]1.[Cl-].[Cl-]. The van der Waals surface area contributed by atoms with E-state index in [2.05, 4.69) is 369 Å². The predicted octanol–water partition coefficient (Wildman–Crippen LogP) is 20.5. The Hall–Kier alpha value is -5.02. The van der Waals surface area contributed by atoms with Gasteiger partial charge in [0.2, 0.25) is 0 Å². The van der Waals surface area contributed by atoms with Gasteiger partial charge >= 0.3 is 83.7 Å². The van der Waals surface area contributed by atoms with E-state index in [4.69, 9.17) is 0 Å². The van der Waals surface area contributed by atoms with Crippen molar-refractivity contribution in [1.82, 2.24) is 0 Å². The van der Waals surface area contributed by atoms with E-state index in [-0.39, 0.29) is 57.3 Å². The van der Waals surface area contributed by atoms with Gasteiger partial charge in [-0.1, -0.05) is 268 Å². The summed E-state index contributed by atoms with van der Waals surface area (Å²) in [4.78, 5) is 0. The topological polar surface area (TPSA) is 0 Å². The second-order valence-electron chi connectivity index (χ2n) is 30.5. The van der Waals surface area contributed by atoms with Crippen molar-refractivity contribution in [2.45, 2.75) is 184 Å². The van der Waals surface area contributed by atoms with Crippen molar-refractivity contribution in [3.05, 3.63) is 263 Å². The maximum absolute atomic E-state index is 2.35. The van der Waals surface area contributed by atoms with Crippen molar-refractivity contribution < 1.29 is 71.5 Å². The first-order chi connectivity index (χ1) is 43.1. The number of rotatable bonds is 6. The van der Waals surface area contributed by atoms with E-state index in [9.17, 15) is 0 Å². The van der Waals surface area contributed by atoms with Gasteiger partial charge in [-0.15, -0.1) is 138 Å². The normalized spacial score (nSPS) is 11.4.